The van der Waals surface area contributed by atoms with Crippen molar-refractivity contribution in [2.75, 3.05) is 0 Å². The first-order valence-corrected chi connectivity index (χ1v) is 5.84. The highest BCUT2D eigenvalue weighted by molar-refractivity contribution is 5.75. The summed E-state index contributed by atoms with van der Waals surface area (Å²) in [6.07, 6.45) is 5.34. The van der Waals surface area contributed by atoms with Crippen molar-refractivity contribution in [3.63, 3.8) is 0 Å². The van der Waals surface area contributed by atoms with Crippen LogP contribution in [-0.2, 0) is 6.42 Å². The van der Waals surface area contributed by atoms with Crippen LogP contribution >= 0.6 is 0 Å². The number of hydrogen-bond donors (Lipinski definition) is 1. The molecule has 1 nitrogen and oxygen atoms in total. The predicted molar refractivity (Wildman–Crippen MR) is 61.5 cm³/mol. The molecule has 0 spiro atoms. The van der Waals surface area contributed by atoms with Gasteiger partial charge in [0.25, 0.3) is 0 Å². The smallest absolute Gasteiger partial charge is 0.0756 e. The van der Waals surface area contributed by atoms with Crippen LogP contribution in [0.1, 0.15) is 36.8 Å². The molecule has 1 aromatic rings. The quantitative estimate of drug-likeness (QED) is 0.682. The van der Waals surface area contributed by atoms with Crippen molar-refractivity contribution in [3.05, 3.63) is 41.0 Å². The van der Waals surface area contributed by atoms with E-state index >= 15 is 0 Å². The summed E-state index contributed by atoms with van der Waals surface area (Å²) in [6.45, 7) is 0. The lowest BCUT2D eigenvalue weighted by atomic mass is 9.99. The van der Waals surface area contributed by atoms with E-state index in [0.29, 0.717) is 0 Å². The van der Waals surface area contributed by atoms with Gasteiger partial charge in [0.2, 0.25) is 0 Å². The van der Waals surface area contributed by atoms with Crippen molar-refractivity contribution in [1.82, 2.24) is 0 Å². The van der Waals surface area contributed by atoms with Gasteiger partial charge in [0.05, 0.1) is 6.10 Å². The second kappa shape index (κ2) is 3.49. The van der Waals surface area contributed by atoms with Gasteiger partial charge in [-0.1, -0.05) is 24.3 Å². The molecule has 2 aliphatic carbocycles. The van der Waals surface area contributed by atoms with Crippen LogP contribution in [0.5, 0.6) is 0 Å². The molecular formula is C14H16O. The van der Waals surface area contributed by atoms with Gasteiger partial charge in [-0.3, -0.25) is 0 Å². The molecule has 0 heterocycles. The first-order valence-electron chi connectivity index (χ1n) is 5.84. The second-order valence-electron chi connectivity index (χ2n) is 4.57. The van der Waals surface area contributed by atoms with Gasteiger partial charge in [0.1, 0.15) is 0 Å². The van der Waals surface area contributed by atoms with E-state index in [9.17, 15) is 5.11 Å². The Morgan fingerprint density at radius 1 is 1.07 bits per heavy atom. The standard InChI is InChI=1S/C14H16O/c15-14-7-3-6-13(14)12-9-8-10-4-1-2-5-11(10)12/h1-2,4-5,14-15H,3,6-9H2/b13-12-. The molecule has 0 aliphatic heterocycles. The third kappa shape index (κ3) is 1.42. The lowest BCUT2D eigenvalue weighted by Crippen LogP contribution is -2.03. The Kier molecular flexibility index (Phi) is 2.14. The lowest BCUT2D eigenvalue weighted by molar-refractivity contribution is 0.218. The van der Waals surface area contributed by atoms with Crippen LogP contribution in [0.25, 0.3) is 5.57 Å². The van der Waals surface area contributed by atoms with Gasteiger partial charge in [-0.15, -0.1) is 0 Å². The molecule has 1 unspecified atom stereocenters. The first-order chi connectivity index (χ1) is 7.36. The SMILES string of the molecule is OC1CCC/C1=C1\CCc2ccccc21. The Labute approximate surface area is 90.4 Å². The molecule has 1 aromatic carbocycles. The van der Waals surface area contributed by atoms with Crippen molar-refractivity contribution < 1.29 is 5.11 Å². The number of hydrogen-bond acceptors (Lipinski definition) is 1. The number of allylic oxidation sites excluding steroid dienone is 1. The molecule has 15 heavy (non-hydrogen) atoms. The molecule has 3 rings (SSSR count). The molecule has 1 fully saturated rings. The molecule has 0 saturated heterocycles. The Bertz CT molecular complexity index is 417. The molecule has 1 saturated carbocycles. The number of rotatable bonds is 0. The fourth-order valence-electron chi connectivity index (χ4n) is 2.94. The van der Waals surface area contributed by atoms with Crippen molar-refractivity contribution >= 4 is 5.57 Å². The average molecular weight is 200 g/mol. The van der Waals surface area contributed by atoms with Crippen molar-refractivity contribution in [2.45, 2.75) is 38.2 Å². The molecular weight excluding hydrogens is 184 g/mol. The van der Waals surface area contributed by atoms with Crippen LogP contribution in [0, 0.1) is 0 Å². The summed E-state index contributed by atoms with van der Waals surface area (Å²) in [4.78, 5) is 0. The zero-order chi connectivity index (χ0) is 10.3. The average Bonchev–Trinajstić information content (AvgIpc) is 2.83. The summed E-state index contributed by atoms with van der Waals surface area (Å²) < 4.78 is 0. The lowest BCUT2D eigenvalue weighted by Gasteiger charge is -2.09. The minimum absolute atomic E-state index is 0.161. The zero-order valence-corrected chi connectivity index (χ0v) is 8.87. The summed E-state index contributed by atoms with van der Waals surface area (Å²) in [7, 11) is 0. The Balaban J connectivity index is 2.10. The molecule has 78 valence electrons. The van der Waals surface area contributed by atoms with E-state index in [1.807, 2.05) is 0 Å². The van der Waals surface area contributed by atoms with E-state index in [2.05, 4.69) is 24.3 Å². The van der Waals surface area contributed by atoms with E-state index in [1.54, 1.807) is 0 Å². The van der Waals surface area contributed by atoms with Crippen LogP contribution in [0.4, 0.5) is 0 Å². The van der Waals surface area contributed by atoms with E-state index in [4.69, 9.17) is 0 Å². The molecule has 1 heteroatoms. The van der Waals surface area contributed by atoms with Gasteiger partial charge in [0.15, 0.2) is 0 Å². The number of aryl methyl sites for hydroxylation is 1. The highest BCUT2D eigenvalue weighted by atomic mass is 16.3. The van der Waals surface area contributed by atoms with Crippen LogP contribution in [-0.4, -0.2) is 11.2 Å². The summed E-state index contributed by atoms with van der Waals surface area (Å²) in [5.74, 6) is 0. The Morgan fingerprint density at radius 2 is 1.93 bits per heavy atom. The largest absolute Gasteiger partial charge is 0.389 e. The van der Waals surface area contributed by atoms with Gasteiger partial charge in [-0.25, -0.2) is 0 Å². The van der Waals surface area contributed by atoms with Crippen LogP contribution < -0.4 is 0 Å². The van der Waals surface area contributed by atoms with E-state index in [0.717, 1.165) is 32.1 Å². The van der Waals surface area contributed by atoms with Gasteiger partial charge < -0.3 is 5.11 Å². The number of aliphatic hydroxyl groups excluding tert-OH is 1. The molecule has 2 aliphatic rings. The molecule has 1 atom stereocenters. The zero-order valence-electron chi connectivity index (χ0n) is 8.87. The monoisotopic (exact) mass is 200 g/mol. The maximum absolute atomic E-state index is 9.92. The van der Waals surface area contributed by atoms with Crippen molar-refractivity contribution in [1.29, 1.82) is 0 Å². The highest BCUT2D eigenvalue weighted by Gasteiger charge is 2.26. The number of fused-ring (bicyclic) bond motifs is 1. The summed E-state index contributed by atoms with van der Waals surface area (Å²) in [6, 6.07) is 8.63. The van der Waals surface area contributed by atoms with Crippen LogP contribution in [0.15, 0.2) is 29.8 Å². The highest BCUT2D eigenvalue weighted by Crippen LogP contribution is 2.39. The fraction of sp³-hybridized carbons (Fsp3) is 0.429. The first kappa shape index (κ1) is 9.17. The predicted octanol–water partition coefficient (Wildman–Crippen LogP) is 2.93. The van der Waals surface area contributed by atoms with Crippen molar-refractivity contribution in [3.8, 4) is 0 Å². The summed E-state index contributed by atoms with van der Waals surface area (Å²) >= 11 is 0. The third-order valence-corrected chi connectivity index (χ3v) is 3.70. The maximum atomic E-state index is 9.92. The Morgan fingerprint density at radius 3 is 2.73 bits per heavy atom. The minimum atomic E-state index is -0.161. The van der Waals surface area contributed by atoms with Gasteiger partial charge in [-0.2, -0.15) is 0 Å². The van der Waals surface area contributed by atoms with Gasteiger partial charge in [0, 0.05) is 0 Å². The fourth-order valence-corrected chi connectivity index (χ4v) is 2.94. The molecule has 0 bridgehead atoms. The number of benzene rings is 1. The topological polar surface area (TPSA) is 20.2 Å². The third-order valence-electron chi connectivity index (χ3n) is 3.70. The summed E-state index contributed by atoms with van der Waals surface area (Å²) in [5.41, 5.74) is 5.61. The normalized spacial score (nSPS) is 29.5. The minimum Gasteiger partial charge on any atom is -0.389 e. The van der Waals surface area contributed by atoms with Crippen molar-refractivity contribution in [2.24, 2.45) is 0 Å². The van der Waals surface area contributed by atoms with Crippen LogP contribution in [0.3, 0.4) is 0 Å². The molecule has 0 radical (unpaired) electrons. The van der Waals surface area contributed by atoms with E-state index < -0.39 is 0 Å². The molecule has 0 amide bonds. The second-order valence-corrected chi connectivity index (χ2v) is 4.57. The number of aliphatic hydroxyl groups is 1. The van der Waals surface area contributed by atoms with Crippen LogP contribution in [0.2, 0.25) is 0 Å². The maximum Gasteiger partial charge on any atom is 0.0756 e. The molecule has 1 N–H and O–H groups in total. The van der Waals surface area contributed by atoms with Gasteiger partial charge >= 0.3 is 0 Å². The molecule has 0 aromatic heterocycles. The van der Waals surface area contributed by atoms with E-state index in [1.165, 1.54) is 22.3 Å². The van der Waals surface area contributed by atoms with Gasteiger partial charge in [-0.05, 0) is 54.4 Å². The Hall–Kier alpha value is -1.08. The van der Waals surface area contributed by atoms with E-state index in [-0.39, 0.29) is 6.10 Å². The summed E-state index contributed by atoms with van der Waals surface area (Å²) in [5, 5.41) is 9.92.